The highest BCUT2D eigenvalue weighted by atomic mass is 15.3. The zero-order chi connectivity index (χ0) is 14.2. The van der Waals surface area contributed by atoms with E-state index in [1.54, 1.807) is 0 Å². The SMILES string of the molecule is CC1CCCC(CN)(N2CCCN3CCCC3C2)C1C. The van der Waals surface area contributed by atoms with E-state index in [4.69, 9.17) is 5.73 Å². The van der Waals surface area contributed by atoms with Crippen LogP contribution in [0.5, 0.6) is 0 Å². The Morgan fingerprint density at radius 1 is 1.05 bits per heavy atom. The molecule has 3 fully saturated rings. The van der Waals surface area contributed by atoms with E-state index in [0.29, 0.717) is 0 Å². The molecule has 2 heterocycles. The molecule has 0 aromatic carbocycles. The van der Waals surface area contributed by atoms with Crippen molar-refractivity contribution in [1.82, 2.24) is 9.80 Å². The first-order valence-corrected chi connectivity index (χ1v) is 8.86. The van der Waals surface area contributed by atoms with Crippen molar-refractivity contribution in [3.8, 4) is 0 Å². The topological polar surface area (TPSA) is 32.5 Å². The Bertz CT molecular complexity index is 332. The Morgan fingerprint density at radius 2 is 1.85 bits per heavy atom. The first kappa shape index (κ1) is 14.8. The Balaban J connectivity index is 1.80. The number of rotatable bonds is 2. The fraction of sp³-hybridized carbons (Fsp3) is 1.00. The average molecular weight is 279 g/mol. The molecule has 4 atom stereocenters. The lowest BCUT2D eigenvalue weighted by molar-refractivity contribution is -0.0140. The van der Waals surface area contributed by atoms with Crippen LogP contribution in [0.3, 0.4) is 0 Å². The molecule has 2 saturated heterocycles. The molecular formula is C17H33N3. The molecule has 3 aliphatic rings. The average Bonchev–Trinajstić information content (AvgIpc) is 2.79. The maximum atomic E-state index is 6.35. The first-order valence-electron chi connectivity index (χ1n) is 8.86. The summed E-state index contributed by atoms with van der Waals surface area (Å²) in [7, 11) is 0. The van der Waals surface area contributed by atoms with Gasteiger partial charge in [-0.25, -0.2) is 0 Å². The molecule has 3 heteroatoms. The van der Waals surface area contributed by atoms with Crippen LogP contribution in [0.2, 0.25) is 0 Å². The molecular weight excluding hydrogens is 246 g/mol. The van der Waals surface area contributed by atoms with Crippen LogP contribution in [-0.4, -0.2) is 54.1 Å². The second-order valence-corrected chi connectivity index (χ2v) is 7.60. The molecule has 0 amide bonds. The van der Waals surface area contributed by atoms with Crippen LogP contribution in [0.4, 0.5) is 0 Å². The molecule has 4 unspecified atom stereocenters. The van der Waals surface area contributed by atoms with Crippen molar-refractivity contribution >= 4 is 0 Å². The van der Waals surface area contributed by atoms with Crippen LogP contribution >= 0.6 is 0 Å². The second kappa shape index (κ2) is 5.94. The minimum atomic E-state index is 0.288. The van der Waals surface area contributed by atoms with Gasteiger partial charge in [0.25, 0.3) is 0 Å². The highest BCUT2D eigenvalue weighted by Crippen LogP contribution is 2.42. The molecule has 116 valence electrons. The van der Waals surface area contributed by atoms with Gasteiger partial charge in [-0.2, -0.15) is 0 Å². The molecule has 3 rings (SSSR count). The van der Waals surface area contributed by atoms with Gasteiger partial charge in [0.05, 0.1) is 0 Å². The Labute approximate surface area is 124 Å². The smallest absolute Gasteiger partial charge is 0.0360 e. The normalized spacial score (nSPS) is 44.2. The number of fused-ring (bicyclic) bond motifs is 1. The molecule has 1 saturated carbocycles. The third-order valence-electron chi connectivity index (χ3n) is 6.76. The zero-order valence-corrected chi connectivity index (χ0v) is 13.5. The van der Waals surface area contributed by atoms with Crippen LogP contribution in [0.1, 0.15) is 52.4 Å². The Hall–Kier alpha value is -0.120. The van der Waals surface area contributed by atoms with E-state index in [1.807, 2.05) is 0 Å². The van der Waals surface area contributed by atoms with Gasteiger partial charge in [0.2, 0.25) is 0 Å². The summed E-state index contributed by atoms with van der Waals surface area (Å²) in [5.41, 5.74) is 6.64. The Morgan fingerprint density at radius 3 is 2.65 bits per heavy atom. The second-order valence-electron chi connectivity index (χ2n) is 7.60. The number of nitrogens with zero attached hydrogens (tertiary/aromatic N) is 2. The molecule has 3 nitrogen and oxygen atoms in total. The van der Waals surface area contributed by atoms with Gasteiger partial charge in [-0.15, -0.1) is 0 Å². The van der Waals surface area contributed by atoms with Crippen molar-refractivity contribution in [2.75, 3.05) is 32.7 Å². The largest absolute Gasteiger partial charge is 0.329 e. The summed E-state index contributed by atoms with van der Waals surface area (Å²) in [6, 6.07) is 0.811. The fourth-order valence-electron chi connectivity index (χ4n) is 5.21. The summed E-state index contributed by atoms with van der Waals surface area (Å²) in [6.45, 7) is 10.9. The minimum absolute atomic E-state index is 0.288. The van der Waals surface area contributed by atoms with E-state index in [-0.39, 0.29) is 5.54 Å². The van der Waals surface area contributed by atoms with Gasteiger partial charge < -0.3 is 5.73 Å². The predicted octanol–water partition coefficient (Wildman–Crippen LogP) is 2.31. The van der Waals surface area contributed by atoms with E-state index >= 15 is 0 Å². The van der Waals surface area contributed by atoms with Crippen LogP contribution in [0.15, 0.2) is 0 Å². The summed E-state index contributed by atoms with van der Waals surface area (Å²) < 4.78 is 0. The molecule has 0 aromatic rings. The van der Waals surface area contributed by atoms with Gasteiger partial charge in [-0.05, 0) is 50.6 Å². The molecule has 0 aromatic heterocycles. The van der Waals surface area contributed by atoms with E-state index in [9.17, 15) is 0 Å². The van der Waals surface area contributed by atoms with Gasteiger partial charge >= 0.3 is 0 Å². The first-order chi connectivity index (χ1) is 9.67. The highest BCUT2D eigenvalue weighted by molar-refractivity contribution is 5.02. The molecule has 1 aliphatic carbocycles. The van der Waals surface area contributed by atoms with Crippen LogP contribution in [0, 0.1) is 11.8 Å². The fourth-order valence-corrected chi connectivity index (χ4v) is 5.21. The monoisotopic (exact) mass is 279 g/mol. The lowest BCUT2D eigenvalue weighted by Gasteiger charge is -2.52. The molecule has 2 N–H and O–H groups in total. The van der Waals surface area contributed by atoms with Crippen molar-refractivity contribution in [3.05, 3.63) is 0 Å². The Kier molecular flexibility index (Phi) is 4.40. The quantitative estimate of drug-likeness (QED) is 0.842. The van der Waals surface area contributed by atoms with Gasteiger partial charge in [-0.3, -0.25) is 9.80 Å². The van der Waals surface area contributed by atoms with Crippen molar-refractivity contribution in [3.63, 3.8) is 0 Å². The van der Waals surface area contributed by atoms with E-state index in [1.165, 1.54) is 64.7 Å². The highest BCUT2D eigenvalue weighted by Gasteiger charge is 2.46. The van der Waals surface area contributed by atoms with Crippen LogP contribution in [0.25, 0.3) is 0 Å². The van der Waals surface area contributed by atoms with Crippen LogP contribution < -0.4 is 5.73 Å². The molecule has 0 spiro atoms. The van der Waals surface area contributed by atoms with Gasteiger partial charge in [-0.1, -0.05) is 26.7 Å². The van der Waals surface area contributed by atoms with Crippen molar-refractivity contribution in [1.29, 1.82) is 0 Å². The number of nitrogens with two attached hydrogens (primary N) is 1. The number of hydrogen-bond donors (Lipinski definition) is 1. The van der Waals surface area contributed by atoms with E-state index in [2.05, 4.69) is 23.6 Å². The summed E-state index contributed by atoms with van der Waals surface area (Å²) in [6.07, 6.45) is 8.22. The van der Waals surface area contributed by atoms with Crippen LogP contribution in [-0.2, 0) is 0 Å². The number of hydrogen-bond acceptors (Lipinski definition) is 3. The van der Waals surface area contributed by atoms with Crippen molar-refractivity contribution < 1.29 is 0 Å². The maximum absolute atomic E-state index is 6.35. The standard InChI is InChI=1S/C17H33N3/c1-14-6-3-8-17(13-18,15(14)2)20-11-5-10-19-9-4-7-16(19)12-20/h14-16H,3-13,18H2,1-2H3. The molecule has 0 bridgehead atoms. The van der Waals surface area contributed by atoms with Gasteiger partial charge in [0.15, 0.2) is 0 Å². The lowest BCUT2D eigenvalue weighted by Crippen LogP contribution is -2.62. The zero-order valence-electron chi connectivity index (χ0n) is 13.5. The summed E-state index contributed by atoms with van der Waals surface area (Å²) >= 11 is 0. The van der Waals surface area contributed by atoms with Gasteiger partial charge in [0, 0.05) is 31.2 Å². The summed E-state index contributed by atoms with van der Waals surface area (Å²) in [5.74, 6) is 1.57. The summed E-state index contributed by atoms with van der Waals surface area (Å²) in [5, 5.41) is 0. The third kappa shape index (κ3) is 2.42. The summed E-state index contributed by atoms with van der Waals surface area (Å²) in [4.78, 5) is 5.56. The predicted molar refractivity (Wildman–Crippen MR) is 84.7 cm³/mol. The van der Waals surface area contributed by atoms with E-state index < -0.39 is 0 Å². The van der Waals surface area contributed by atoms with Crippen molar-refractivity contribution in [2.45, 2.75) is 64.0 Å². The molecule has 20 heavy (non-hydrogen) atoms. The van der Waals surface area contributed by atoms with Gasteiger partial charge in [0.1, 0.15) is 0 Å². The van der Waals surface area contributed by atoms with Crippen molar-refractivity contribution in [2.24, 2.45) is 17.6 Å². The third-order valence-corrected chi connectivity index (χ3v) is 6.76. The maximum Gasteiger partial charge on any atom is 0.0360 e. The minimum Gasteiger partial charge on any atom is -0.329 e. The molecule has 0 radical (unpaired) electrons. The molecule has 2 aliphatic heterocycles. The lowest BCUT2D eigenvalue weighted by atomic mass is 9.67. The van der Waals surface area contributed by atoms with E-state index in [0.717, 1.165) is 24.4 Å².